The molecule has 2 atom stereocenters. The lowest BCUT2D eigenvalue weighted by molar-refractivity contribution is -0.151. The number of hydrogen-bond acceptors (Lipinski definition) is 2. The van der Waals surface area contributed by atoms with Gasteiger partial charge in [-0.3, -0.25) is 9.59 Å². The normalized spacial score (nSPS) is 25.6. The van der Waals surface area contributed by atoms with Crippen LogP contribution in [0, 0.1) is 17.2 Å². The Morgan fingerprint density at radius 3 is 2.43 bits per heavy atom. The van der Waals surface area contributed by atoms with Gasteiger partial charge in [-0.15, -0.1) is 0 Å². The summed E-state index contributed by atoms with van der Waals surface area (Å²) in [6, 6.07) is 6.24. The van der Waals surface area contributed by atoms with Gasteiger partial charge >= 0.3 is 5.97 Å². The number of amides is 1. The highest BCUT2D eigenvalue weighted by molar-refractivity contribution is 5.84. The molecule has 0 aliphatic heterocycles. The van der Waals surface area contributed by atoms with Crippen molar-refractivity contribution in [1.29, 1.82) is 0 Å². The lowest BCUT2D eigenvalue weighted by Gasteiger charge is -2.33. The van der Waals surface area contributed by atoms with Gasteiger partial charge in [-0.25, -0.2) is 4.39 Å². The average molecular weight is 319 g/mol. The second kappa shape index (κ2) is 6.30. The minimum Gasteiger partial charge on any atom is -0.481 e. The standard InChI is InChI=1S/C18H22FNO3/c19-13-6-4-12(5-7-13)14-10-15(14)16(21)20-11-18(17(22)23)8-2-1-3-9-18/h4-7,14-15H,1-3,8-11H2,(H,20,21)(H,22,23). The number of nitrogens with one attached hydrogen (secondary N) is 1. The minimum absolute atomic E-state index is 0.0782. The van der Waals surface area contributed by atoms with Crippen LogP contribution >= 0.6 is 0 Å². The fourth-order valence-electron chi connectivity index (χ4n) is 3.65. The molecule has 1 aromatic rings. The SMILES string of the molecule is O=C(NCC1(C(=O)O)CCCCC1)C1CC1c1ccc(F)cc1. The molecule has 2 aliphatic rings. The Morgan fingerprint density at radius 2 is 1.83 bits per heavy atom. The number of halogens is 1. The Balaban J connectivity index is 1.56. The van der Waals surface area contributed by atoms with Crippen molar-refractivity contribution in [3.05, 3.63) is 35.6 Å². The Labute approximate surface area is 135 Å². The fraction of sp³-hybridized carbons (Fsp3) is 0.556. The molecule has 2 unspecified atom stereocenters. The first kappa shape index (κ1) is 16.0. The van der Waals surface area contributed by atoms with Crippen LogP contribution in [-0.2, 0) is 9.59 Å². The number of hydrogen-bond donors (Lipinski definition) is 2. The van der Waals surface area contributed by atoms with Crippen molar-refractivity contribution in [1.82, 2.24) is 5.32 Å². The number of aliphatic carboxylic acids is 1. The van der Waals surface area contributed by atoms with Crippen LogP contribution in [0.4, 0.5) is 4.39 Å². The molecule has 5 heteroatoms. The molecule has 3 rings (SSSR count). The summed E-state index contributed by atoms with van der Waals surface area (Å²) >= 11 is 0. The maximum atomic E-state index is 12.9. The van der Waals surface area contributed by atoms with Crippen molar-refractivity contribution < 1.29 is 19.1 Å². The van der Waals surface area contributed by atoms with Gasteiger partial charge in [0, 0.05) is 12.5 Å². The molecule has 0 radical (unpaired) electrons. The summed E-state index contributed by atoms with van der Waals surface area (Å²) in [6.45, 7) is 0.216. The molecule has 1 amide bonds. The molecule has 1 aromatic carbocycles. The van der Waals surface area contributed by atoms with Crippen LogP contribution in [0.3, 0.4) is 0 Å². The van der Waals surface area contributed by atoms with Gasteiger partial charge in [0.15, 0.2) is 0 Å². The third kappa shape index (κ3) is 3.38. The number of carboxylic acid groups (broad SMARTS) is 1. The highest BCUT2D eigenvalue weighted by atomic mass is 19.1. The molecule has 0 heterocycles. The van der Waals surface area contributed by atoms with Gasteiger partial charge in [0.1, 0.15) is 5.82 Å². The van der Waals surface area contributed by atoms with Crippen molar-refractivity contribution in [2.45, 2.75) is 44.4 Å². The van der Waals surface area contributed by atoms with E-state index in [9.17, 15) is 19.1 Å². The van der Waals surface area contributed by atoms with Crippen molar-refractivity contribution in [2.75, 3.05) is 6.54 Å². The zero-order valence-corrected chi connectivity index (χ0v) is 13.1. The lowest BCUT2D eigenvalue weighted by atomic mass is 9.74. The number of benzene rings is 1. The van der Waals surface area contributed by atoms with E-state index in [1.165, 1.54) is 12.1 Å². The van der Waals surface area contributed by atoms with Gasteiger partial charge in [0.25, 0.3) is 0 Å². The highest BCUT2D eigenvalue weighted by Gasteiger charge is 2.45. The second-order valence-electron chi connectivity index (χ2n) is 6.86. The van der Waals surface area contributed by atoms with E-state index < -0.39 is 11.4 Å². The molecule has 0 spiro atoms. The average Bonchev–Trinajstić information content (AvgIpc) is 3.35. The lowest BCUT2D eigenvalue weighted by Crippen LogP contribution is -2.44. The molecule has 2 saturated carbocycles. The number of carbonyl (C=O) groups excluding carboxylic acids is 1. The van der Waals surface area contributed by atoms with E-state index in [1.807, 2.05) is 0 Å². The van der Waals surface area contributed by atoms with E-state index in [0.717, 1.165) is 31.2 Å². The first-order valence-corrected chi connectivity index (χ1v) is 8.28. The molecule has 0 saturated heterocycles. The Kier molecular flexibility index (Phi) is 4.37. The minimum atomic E-state index is -0.802. The summed E-state index contributed by atoms with van der Waals surface area (Å²) in [6.07, 6.45) is 4.90. The zero-order chi connectivity index (χ0) is 16.4. The number of carbonyl (C=O) groups is 2. The first-order valence-electron chi connectivity index (χ1n) is 8.28. The van der Waals surface area contributed by atoms with E-state index >= 15 is 0 Å². The zero-order valence-electron chi connectivity index (χ0n) is 13.1. The molecule has 0 aromatic heterocycles. The first-order chi connectivity index (χ1) is 11.0. The third-order valence-electron chi connectivity index (χ3n) is 5.29. The predicted octanol–water partition coefficient (Wildman–Crippen LogP) is 3.08. The van der Waals surface area contributed by atoms with Gasteiger partial charge < -0.3 is 10.4 Å². The predicted molar refractivity (Wildman–Crippen MR) is 83.4 cm³/mol. The van der Waals surface area contributed by atoms with Crippen LogP contribution < -0.4 is 5.32 Å². The van der Waals surface area contributed by atoms with Gasteiger partial charge in [-0.1, -0.05) is 31.4 Å². The highest BCUT2D eigenvalue weighted by Crippen LogP contribution is 2.47. The van der Waals surface area contributed by atoms with Crippen LogP contribution in [0.2, 0.25) is 0 Å². The van der Waals surface area contributed by atoms with E-state index in [4.69, 9.17) is 0 Å². The van der Waals surface area contributed by atoms with Gasteiger partial charge in [0.2, 0.25) is 5.91 Å². The maximum Gasteiger partial charge on any atom is 0.311 e. The topological polar surface area (TPSA) is 66.4 Å². The summed E-state index contributed by atoms with van der Waals surface area (Å²) < 4.78 is 12.9. The smallest absolute Gasteiger partial charge is 0.311 e. The Morgan fingerprint density at radius 1 is 1.17 bits per heavy atom. The Hall–Kier alpha value is -1.91. The van der Waals surface area contributed by atoms with Crippen molar-refractivity contribution in [3.8, 4) is 0 Å². The molecule has 23 heavy (non-hydrogen) atoms. The molecule has 0 bridgehead atoms. The molecular formula is C18H22FNO3. The monoisotopic (exact) mass is 319 g/mol. The van der Waals surface area contributed by atoms with Crippen molar-refractivity contribution >= 4 is 11.9 Å². The Bertz CT molecular complexity index is 593. The van der Waals surface area contributed by atoms with Gasteiger partial charge in [-0.2, -0.15) is 0 Å². The summed E-state index contributed by atoms with van der Waals surface area (Å²) in [4.78, 5) is 23.9. The second-order valence-corrected chi connectivity index (χ2v) is 6.86. The number of carboxylic acids is 1. The van der Waals surface area contributed by atoms with Crippen LogP contribution in [0.15, 0.2) is 24.3 Å². The van der Waals surface area contributed by atoms with E-state index in [0.29, 0.717) is 12.8 Å². The van der Waals surface area contributed by atoms with E-state index in [-0.39, 0.29) is 30.1 Å². The third-order valence-corrected chi connectivity index (χ3v) is 5.29. The quantitative estimate of drug-likeness (QED) is 0.876. The van der Waals surface area contributed by atoms with Crippen molar-refractivity contribution in [3.63, 3.8) is 0 Å². The molecule has 4 nitrogen and oxygen atoms in total. The van der Waals surface area contributed by atoms with Gasteiger partial charge in [-0.05, 0) is 42.9 Å². The molecule has 124 valence electrons. The van der Waals surface area contributed by atoms with Crippen LogP contribution in [0.5, 0.6) is 0 Å². The van der Waals surface area contributed by atoms with Crippen molar-refractivity contribution in [2.24, 2.45) is 11.3 Å². The summed E-state index contributed by atoms with van der Waals surface area (Å²) in [5, 5.41) is 12.4. The van der Waals surface area contributed by atoms with Crippen LogP contribution in [0.1, 0.15) is 50.0 Å². The molecule has 2 aliphatic carbocycles. The summed E-state index contributed by atoms with van der Waals surface area (Å²) in [5.74, 6) is -1.15. The summed E-state index contributed by atoms with van der Waals surface area (Å²) in [5.41, 5.74) is 0.172. The maximum absolute atomic E-state index is 12.9. The van der Waals surface area contributed by atoms with Crippen LogP contribution in [-0.4, -0.2) is 23.5 Å². The van der Waals surface area contributed by atoms with Crippen LogP contribution in [0.25, 0.3) is 0 Å². The van der Waals surface area contributed by atoms with Gasteiger partial charge in [0.05, 0.1) is 5.41 Å². The van der Waals surface area contributed by atoms with E-state index in [2.05, 4.69) is 5.32 Å². The number of rotatable bonds is 5. The molecule has 2 N–H and O–H groups in total. The fourth-order valence-corrected chi connectivity index (χ4v) is 3.65. The molecule has 2 fully saturated rings. The molecular weight excluding hydrogens is 297 g/mol. The summed E-state index contributed by atoms with van der Waals surface area (Å²) in [7, 11) is 0. The largest absolute Gasteiger partial charge is 0.481 e. The van der Waals surface area contributed by atoms with E-state index in [1.54, 1.807) is 12.1 Å².